The molecule has 0 radical (unpaired) electrons. The van der Waals surface area contributed by atoms with Crippen LogP contribution in [0.5, 0.6) is 0 Å². The van der Waals surface area contributed by atoms with Crippen molar-refractivity contribution < 1.29 is 9.53 Å². The standard InChI is InChI=1S/C14H28N2O2/c1-4-8-18-12-6-5-7-16(10-12)14(17)9-13(15)11(2)3/h11-13H,4-10,15H2,1-3H3. The number of piperidine rings is 1. The van der Waals surface area contributed by atoms with Gasteiger partial charge in [-0.2, -0.15) is 0 Å². The zero-order chi connectivity index (χ0) is 13.5. The normalized spacial score (nSPS) is 22.3. The second kappa shape index (κ2) is 7.74. The van der Waals surface area contributed by atoms with Gasteiger partial charge in [0.15, 0.2) is 0 Å². The Morgan fingerprint density at radius 1 is 1.50 bits per heavy atom. The molecule has 18 heavy (non-hydrogen) atoms. The van der Waals surface area contributed by atoms with Gasteiger partial charge in [0.25, 0.3) is 0 Å². The van der Waals surface area contributed by atoms with E-state index in [4.69, 9.17) is 10.5 Å². The Balaban J connectivity index is 2.38. The summed E-state index contributed by atoms with van der Waals surface area (Å²) < 4.78 is 5.74. The van der Waals surface area contributed by atoms with Gasteiger partial charge in [-0.05, 0) is 25.2 Å². The van der Waals surface area contributed by atoms with Crippen molar-refractivity contribution in [1.82, 2.24) is 4.90 Å². The van der Waals surface area contributed by atoms with Gasteiger partial charge >= 0.3 is 0 Å². The minimum Gasteiger partial charge on any atom is -0.376 e. The minimum atomic E-state index is -0.0329. The molecule has 0 bridgehead atoms. The molecular formula is C14H28N2O2. The lowest BCUT2D eigenvalue weighted by Gasteiger charge is -2.33. The molecule has 2 N–H and O–H groups in total. The molecule has 1 heterocycles. The molecule has 1 saturated heterocycles. The summed E-state index contributed by atoms with van der Waals surface area (Å²) in [5, 5.41) is 0. The molecule has 1 rings (SSSR count). The van der Waals surface area contributed by atoms with E-state index in [1.165, 1.54) is 0 Å². The molecular weight excluding hydrogens is 228 g/mol. The monoisotopic (exact) mass is 256 g/mol. The van der Waals surface area contributed by atoms with E-state index in [1.54, 1.807) is 0 Å². The Hall–Kier alpha value is -0.610. The SMILES string of the molecule is CCCOC1CCCN(C(=O)CC(N)C(C)C)C1. The van der Waals surface area contributed by atoms with Gasteiger partial charge in [-0.3, -0.25) is 4.79 Å². The van der Waals surface area contributed by atoms with Crippen molar-refractivity contribution >= 4 is 5.91 Å². The van der Waals surface area contributed by atoms with Crippen LogP contribution >= 0.6 is 0 Å². The summed E-state index contributed by atoms with van der Waals surface area (Å²) in [6.07, 6.45) is 3.82. The van der Waals surface area contributed by atoms with Gasteiger partial charge in [-0.1, -0.05) is 20.8 Å². The lowest BCUT2D eigenvalue weighted by Crippen LogP contribution is -2.45. The van der Waals surface area contributed by atoms with E-state index in [-0.39, 0.29) is 18.1 Å². The summed E-state index contributed by atoms with van der Waals surface area (Å²) >= 11 is 0. The first-order valence-corrected chi connectivity index (χ1v) is 7.19. The highest BCUT2D eigenvalue weighted by Gasteiger charge is 2.25. The van der Waals surface area contributed by atoms with Crippen LogP contribution in [-0.2, 0) is 9.53 Å². The topological polar surface area (TPSA) is 55.6 Å². The number of carbonyl (C=O) groups excluding carboxylic acids is 1. The summed E-state index contributed by atoms with van der Waals surface area (Å²) in [4.78, 5) is 14.0. The number of hydrogen-bond acceptors (Lipinski definition) is 3. The number of carbonyl (C=O) groups is 1. The lowest BCUT2D eigenvalue weighted by atomic mass is 10.0. The van der Waals surface area contributed by atoms with Gasteiger partial charge in [0.2, 0.25) is 5.91 Å². The largest absolute Gasteiger partial charge is 0.376 e. The van der Waals surface area contributed by atoms with E-state index in [1.807, 2.05) is 4.90 Å². The summed E-state index contributed by atoms with van der Waals surface area (Å²) in [6, 6.07) is -0.0329. The highest BCUT2D eigenvalue weighted by atomic mass is 16.5. The lowest BCUT2D eigenvalue weighted by molar-refractivity contribution is -0.135. The van der Waals surface area contributed by atoms with Gasteiger partial charge in [0.1, 0.15) is 0 Å². The maximum Gasteiger partial charge on any atom is 0.224 e. The highest BCUT2D eigenvalue weighted by molar-refractivity contribution is 5.77. The van der Waals surface area contributed by atoms with Gasteiger partial charge in [-0.15, -0.1) is 0 Å². The van der Waals surface area contributed by atoms with Crippen molar-refractivity contribution in [3.63, 3.8) is 0 Å². The van der Waals surface area contributed by atoms with Crippen LogP contribution in [0.2, 0.25) is 0 Å². The summed E-state index contributed by atoms with van der Waals surface area (Å²) in [7, 11) is 0. The third-order valence-corrected chi connectivity index (χ3v) is 3.56. The van der Waals surface area contributed by atoms with Crippen LogP contribution in [0.3, 0.4) is 0 Å². The summed E-state index contributed by atoms with van der Waals surface area (Å²) in [6.45, 7) is 8.60. The number of likely N-dealkylation sites (tertiary alicyclic amines) is 1. The molecule has 0 spiro atoms. The molecule has 1 amide bonds. The maximum atomic E-state index is 12.1. The smallest absolute Gasteiger partial charge is 0.224 e. The molecule has 0 saturated carbocycles. The molecule has 1 aliphatic rings. The Kier molecular flexibility index (Phi) is 6.65. The molecule has 0 aromatic heterocycles. The number of nitrogens with two attached hydrogens (primary N) is 1. The van der Waals surface area contributed by atoms with Gasteiger partial charge in [0, 0.05) is 32.2 Å². The van der Waals surface area contributed by atoms with Crippen LogP contribution in [0, 0.1) is 5.92 Å². The molecule has 4 heteroatoms. The second-order valence-electron chi connectivity index (χ2n) is 5.59. The van der Waals surface area contributed by atoms with E-state index in [2.05, 4.69) is 20.8 Å². The predicted molar refractivity (Wildman–Crippen MR) is 73.3 cm³/mol. The first-order valence-electron chi connectivity index (χ1n) is 7.19. The summed E-state index contributed by atoms with van der Waals surface area (Å²) in [5.74, 6) is 0.534. The number of hydrogen-bond donors (Lipinski definition) is 1. The quantitative estimate of drug-likeness (QED) is 0.788. The van der Waals surface area contributed by atoms with Crippen LogP contribution in [0.15, 0.2) is 0 Å². The molecule has 2 atom stereocenters. The predicted octanol–water partition coefficient (Wildman–Crippen LogP) is 1.78. The molecule has 2 unspecified atom stereocenters. The van der Waals surface area contributed by atoms with Crippen molar-refractivity contribution in [1.29, 1.82) is 0 Å². The third-order valence-electron chi connectivity index (χ3n) is 3.56. The minimum absolute atomic E-state index is 0.0329. The first kappa shape index (κ1) is 15.4. The van der Waals surface area contributed by atoms with Crippen LogP contribution in [0.25, 0.3) is 0 Å². The van der Waals surface area contributed by atoms with E-state index in [0.717, 1.165) is 39.0 Å². The Morgan fingerprint density at radius 3 is 2.83 bits per heavy atom. The molecule has 1 fully saturated rings. The van der Waals surface area contributed by atoms with Gasteiger partial charge < -0.3 is 15.4 Å². The third kappa shape index (κ3) is 4.94. The Bertz CT molecular complexity index is 256. The molecule has 106 valence electrons. The molecule has 4 nitrogen and oxygen atoms in total. The number of amides is 1. The van der Waals surface area contributed by atoms with E-state index in [0.29, 0.717) is 12.3 Å². The molecule has 1 aliphatic heterocycles. The summed E-state index contributed by atoms with van der Waals surface area (Å²) in [5.41, 5.74) is 5.96. The fourth-order valence-electron chi connectivity index (χ4n) is 2.15. The fourth-order valence-corrected chi connectivity index (χ4v) is 2.15. The van der Waals surface area contributed by atoms with E-state index in [9.17, 15) is 4.79 Å². The van der Waals surface area contributed by atoms with Gasteiger partial charge in [-0.25, -0.2) is 0 Å². The van der Waals surface area contributed by atoms with Crippen LogP contribution in [0.4, 0.5) is 0 Å². The molecule has 0 aromatic carbocycles. The molecule has 0 aromatic rings. The van der Waals surface area contributed by atoms with Crippen molar-refractivity contribution in [3.8, 4) is 0 Å². The van der Waals surface area contributed by atoms with Crippen molar-refractivity contribution in [2.75, 3.05) is 19.7 Å². The van der Waals surface area contributed by atoms with Crippen LogP contribution < -0.4 is 5.73 Å². The Morgan fingerprint density at radius 2 is 2.22 bits per heavy atom. The second-order valence-corrected chi connectivity index (χ2v) is 5.59. The zero-order valence-corrected chi connectivity index (χ0v) is 12.0. The first-order chi connectivity index (χ1) is 8.54. The maximum absolute atomic E-state index is 12.1. The van der Waals surface area contributed by atoms with E-state index >= 15 is 0 Å². The zero-order valence-electron chi connectivity index (χ0n) is 12.0. The van der Waals surface area contributed by atoms with Crippen molar-refractivity contribution in [2.45, 2.75) is 58.6 Å². The average molecular weight is 256 g/mol. The van der Waals surface area contributed by atoms with Crippen molar-refractivity contribution in [2.24, 2.45) is 11.7 Å². The van der Waals surface area contributed by atoms with Crippen LogP contribution in [0.1, 0.15) is 46.5 Å². The van der Waals surface area contributed by atoms with E-state index < -0.39 is 0 Å². The number of nitrogens with zero attached hydrogens (tertiary/aromatic N) is 1. The molecule has 0 aliphatic carbocycles. The fraction of sp³-hybridized carbons (Fsp3) is 0.929. The number of ether oxygens (including phenoxy) is 1. The van der Waals surface area contributed by atoms with Crippen LogP contribution in [-0.4, -0.2) is 42.6 Å². The highest BCUT2D eigenvalue weighted by Crippen LogP contribution is 2.15. The average Bonchev–Trinajstić information content (AvgIpc) is 2.36. The van der Waals surface area contributed by atoms with Crippen molar-refractivity contribution in [3.05, 3.63) is 0 Å². The Labute approximate surface area is 111 Å². The van der Waals surface area contributed by atoms with Gasteiger partial charge in [0.05, 0.1) is 6.10 Å². The number of rotatable bonds is 6.